The van der Waals surface area contributed by atoms with Crippen molar-refractivity contribution in [1.82, 2.24) is 9.97 Å². The van der Waals surface area contributed by atoms with E-state index in [1.54, 1.807) is 17.5 Å². The molecule has 2 N–H and O–H groups in total. The molecule has 1 saturated heterocycles. The molecule has 1 amide bonds. The molecule has 3 heterocycles. The number of hydrogen-bond donors (Lipinski definition) is 1. The Morgan fingerprint density at radius 2 is 2.45 bits per heavy atom. The van der Waals surface area contributed by atoms with Gasteiger partial charge in [0.1, 0.15) is 0 Å². The van der Waals surface area contributed by atoms with Crippen molar-refractivity contribution < 1.29 is 9.53 Å². The summed E-state index contributed by atoms with van der Waals surface area (Å²) >= 11 is 1.63. The van der Waals surface area contributed by atoms with Crippen molar-refractivity contribution in [3.63, 3.8) is 0 Å². The summed E-state index contributed by atoms with van der Waals surface area (Å²) in [5, 5.41) is 3.07. The first-order valence-corrected chi connectivity index (χ1v) is 8.03. The Morgan fingerprint density at radius 3 is 3.18 bits per heavy atom. The van der Waals surface area contributed by atoms with Crippen molar-refractivity contribution in [2.24, 2.45) is 5.73 Å². The molecular weight excluding hydrogens is 300 g/mol. The number of ether oxygens (including phenoxy) is 1. The molecule has 1 fully saturated rings. The third-order valence-corrected chi connectivity index (χ3v) is 4.51. The summed E-state index contributed by atoms with van der Waals surface area (Å²) in [5.74, 6) is -0.453. The van der Waals surface area contributed by atoms with Crippen LogP contribution in [0, 0.1) is 6.92 Å². The van der Waals surface area contributed by atoms with Crippen molar-refractivity contribution in [3.8, 4) is 0 Å². The van der Waals surface area contributed by atoms with Gasteiger partial charge in [-0.25, -0.2) is 4.98 Å². The van der Waals surface area contributed by atoms with E-state index in [9.17, 15) is 4.79 Å². The van der Waals surface area contributed by atoms with Crippen LogP contribution in [0.2, 0.25) is 0 Å². The molecule has 0 aliphatic carbocycles. The zero-order chi connectivity index (χ0) is 15.5. The molecule has 0 saturated carbocycles. The molecule has 2 aromatic heterocycles. The van der Waals surface area contributed by atoms with Gasteiger partial charge in [-0.2, -0.15) is 0 Å². The number of thiazole rings is 1. The van der Waals surface area contributed by atoms with Crippen LogP contribution in [-0.2, 0) is 11.3 Å². The maximum atomic E-state index is 11.5. The second-order valence-electron chi connectivity index (χ2n) is 5.28. The molecule has 2 aromatic rings. The highest BCUT2D eigenvalue weighted by Crippen LogP contribution is 2.25. The highest BCUT2D eigenvalue weighted by Gasteiger charge is 2.26. The molecule has 0 aromatic carbocycles. The van der Waals surface area contributed by atoms with Gasteiger partial charge in [0.25, 0.3) is 5.91 Å². The summed E-state index contributed by atoms with van der Waals surface area (Å²) in [6.45, 7) is 4.10. The maximum absolute atomic E-state index is 11.5. The molecule has 1 aliphatic rings. The normalized spacial score (nSPS) is 17.9. The second-order valence-corrected chi connectivity index (χ2v) is 6.34. The lowest BCUT2D eigenvalue weighted by molar-refractivity contribution is 0.0536. The van der Waals surface area contributed by atoms with Gasteiger partial charge in [-0.3, -0.25) is 9.78 Å². The fourth-order valence-electron chi connectivity index (χ4n) is 2.61. The summed E-state index contributed by atoms with van der Waals surface area (Å²) in [7, 11) is 0. The summed E-state index contributed by atoms with van der Waals surface area (Å²) in [6.07, 6.45) is 4.25. The molecule has 3 rings (SSSR count). The average molecular weight is 318 g/mol. The number of nitrogens with zero attached hydrogens (tertiary/aromatic N) is 3. The van der Waals surface area contributed by atoms with E-state index in [4.69, 9.17) is 10.5 Å². The van der Waals surface area contributed by atoms with Gasteiger partial charge in [-0.15, -0.1) is 11.3 Å². The highest BCUT2D eigenvalue weighted by atomic mass is 32.1. The van der Waals surface area contributed by atoms with Gasteiger partial charge in [0.2, 0.25) is 0 Å². The Bertz CT molecular complexity index is 673. The van der Waals surface area contributed by atoms with Crippen LogP contribution in [0.25, 0.3) is 0 Å². The zero-order valence-electron chi connectivity index (χ0n) is 12.4. The summed E-state index contributed by atoms with van der Waals surface area (Å²) in [6, 6.07) is 1.83. The number of carbonyl (C=O) groups is 1. The Hall–Kier alpha value is -1.99. The number of aromatic nitrogens is 2. The number of hydrogen-bond acceptors (Lipinski definition) is 6. The van der Waals surface area contributed by atoms with Crippen LogP contribution in [-0.4, -0.2) is 35.1 Å². The van der Waals surface area contributed by atoms with Gasteiger partial charge in [-0.1, -0.05) is 0 Å². The fourth-order valence-corrected chi connectivity index (χ4v) is 3.21. The van der Waals surface area contributed by atoms with Gasteiger partial charge in [0, 0.05) is 30.9 Å². The second kappa shape index (κ2) is 6.41. The third-order valence-electron chi connectivity index (χ3n) is 3.68. The number of aryl methyl sites for hydroxylation is 1. The SMILES string of the molecule is Cc1nc(COC2CCN(c3ccncc3C(N)=O)C2)cs1. The van der Waals surface area contributed by atoms with E-state index in [1.807, 2.05) is 18.4 Å². The van der Waals surface area contributed by atoms with Crippen LogP contribution in [0.15, 0.2) is 23.8 Å². The molecule has 0 spiro atoms. The molecule has 22 heavy (non-hydrogen) atoms. The van der Waals surface area contributed by atoms with Gasteiger partial charge in [0.05, 0.1) is 34.7 Å². The van der Waals surface area contributed by atoms with Crippen molar-refractivity contribution in [1.29, 1.82) is 0 Å². The molecule has 7 heteroatoms. The van der Waals surface area contributed by atoms with Crippen LogP contribution < -0.4 is 10.6 Å². The van der Waals surface area contributed by atoms with Gasteiger partial charge < -0.3 is 15.4 Å². The number of amides is 1. The first-order valence-electron chi connectivity index (χ1n) is 7.15. The molecular formula is C15H18N4O2S. The Kier molecular flexibility index (Phi) is 4.35. The monoisotopic (exact) mass is 318 g/mol. The molecule has 116 valence electrons. The van der Waals surface area contributed by atoms with Crippen LogP contribution in [0.3, 0.4) is 0 Å². The van der Waals surface area contributed by atoms with Crippen LogP contribution in [0.5, 0.6) is 0 Å². The van der Waals surface area contributed by atoms with E-state index in [1.165, 1.54) is 6.20 Å². The molecule has 1 atom stereocenters. The largest absolute Gasteiger partial charge is 0.370 e. The minimum absolute atomic E-state index is 0.135. The minimum Gasteiger partial charge on any atom is -0.370 e. The fraction of sp³-hybridized carbons (Fsp3) is 0.400. The molecule has 6 nitrogen and oxygen atoms in total. The smallest absolute Gasteiger partial charge is 0.252 e. The van der Waals surface area contributed by atoms with E-state index >= 15 is 0 Å². The summed E-state index contributed by atoms with van der Waals surface area (Å²) in [4.78, 5) is 22.0. The predicted molar refractivity (Wildman–Crippen MR) is 85.0 cm³/mol. The van der Waals surface area contributed by atoms with Gasteiger partial charge >= 0.3 is 0 Å². The van der Waals surface area contributed by atoms with Gasteiger partial charge in [-0.05, 0) is 19.4 Å². The highest BCUT2D eigenvalue weighted by molar-refractivity contribution is 7.09. The maximum Gasteiger partial charge on any atom is 0.252 e. The Balaban J connectivity index is 1.61. The van der Waals surface area contributed by atoms with E-state index in [0.29, 0.717) is 12.2 Å². The molecule has 0 radical (unpaired) electrons. The first kappa shape index (κ1) is 14.9. The molecule has 0 bridgehead atoms. The third kappa shape index (κ3) is 3.26. The average Bonchev–Trinajstić information content (AvgIpc) is 3.14. The lowest BCUT2D eigenvalue weighted by atomic mass is 10.2. The van der Waals surface area contributed by atoms with Crippen molar-refractivity contribution in [3.05, 3.63) is 40.1 Å². The summed E-state index contributed by atoms with van der Waals surface area (Å²) < 4.78 is 5.93. The molecule has 1 unspecified atom stereocenters. The number of primary amides is 1. The Morgan fingerprint density at radius 1 is 1.59 bits per heavy atom. The summed E-state index contributed by atoms with van der Waals surface area (Å²) in [5.41, 5.74) is 7.67. The Labute approximate surface area is 132 Å². The topological polar surface area (TPSA) is 81.3 Å². The number of rotatable bonds is 5. The number of carbonyl (C=O) groups excluding carboxylic acids is 1. The minimum atomic E-state index is -0.453. The van der Waals surface area contributed by atoms with Crippen LogP contribution >= 0.6 is 11.3 Å². The van der Waals surface area contributed by atoms with Crippen molar-refractivity contribution in [2.75, 3.05) is 18.0 Å². The van der Waals surface area contributed by atoms with E-state index in [2.05, 4.69) is 14.9 Å². The number of nitrogens with two attached hydrogens (primary N) is 1. The molecule has 1 aliphatic heterocycles. The van der Waals surface area contributed by atoms with E-state index < -0.39 is 5.91 Å². The van der Waals surface area contributed by atoms with Gasteiger partial charge in [0.15, 0.2) is 0 Å². The van der Waals surface area contributed by atoms with Crippen molar-refractivity contribution in [2.45, 2.75) is 26.1 Å². The zero-order valence-corrected chi connectivity index (χ0v) is 13.2. The van der Waals surface area contributed by atoms with E-state index in [-0.39, 0.29) is 6.10 Å². The van der Waals surface area contributed by atoms with Crippen molar-refractivity contribution >= 4 is 22.9 Å². The lowest BCUT2D eigenvalue weighted by Crippen LogP contribution is -2.26. The van der Waals surface area contributed by atoms with Crippen LogP contribution in [0.4, 0.5) is 5.69 Å². The number of anilines is 1. The van der Waals surface area contributed by atoms with Crippen LogP contribution in [0.1, 0.15) is 27.5 Å². The predicted octanol–water partition coefficient (Wildman–Crippen LogP) is 1.74. The first-order chi connectivity index (χ1) is 10.6. The standard InChI is InChI=1S/C15H18N4O2S/c1-10-18-11(9-22-10)8-21-12-3-5-19(7-12)14-2-4-17-6-13(14)15(16)20/h2,4,6,9,12H,3,5,7-8H2,1H3,(H2,16,20). The van der Waals surface area contributed by atoms with E-state index in [0.717, 1.165) is 35.9 Å². The number of pyridine rings is 1. The lowest BCUT2D eigenvalue weighted by Gasteiger charge is -2.20. The quantitative estimate of drug-likeness (QED) is 0.908.